The first-order valence-corrected chi connectivity index (χ1v) is 6.45. The SMILES string of the molecule is Cc1ccc(NC(=O)Cn2cc(C(C)(C)O)nn2)cc1F. The molecular weight excluding hydrogens is 275 g/mol. The van der Waals surface area contributed by atoms with Gasteiger partial charge >= 0.3 is 0 Å². The van der Waals surface area contributed by atoms with E-state index in [-0.39, 0.29) is 18.3 Å². The molecule has 0 aliphatic rings. The summed E-state index contributed by atoms with van der Waals surface area (Å²) in [6.07, 6.45) is 1.50. The second-order valence-electron chi connectivity index (χ2n) is 5.37. The molecule has 1 aromatic heterocycles. The zero-order valence-corrected chi connectivity index (χ0v) is 12.1. The van der Waals surface area contributed by atoms with Crippen LogP contribution >= 0.6 is 0 Å². The van der Waals surface area contributed by atoms with Gasteiger partial charge in [0, 0.05) is 5.69 Å². The maximum Gasteiger partial charge on any atom is 0.246 e. The second kappa shape index (κ2) is 5.61. The number of carbonyl (C=O) groups is 1. The molecule has 0 saturated heterocycles. The molecule has 0 aliphatic carbocycles. The molecule has 7 heteroatoms. The standard InChI is InChI=1S/C14H17FN4O2/c1-9-4-5-10(6-11(9)15)16-13(20)8-19-7-12(17-18-19)14(2,3)21/h4-7,21H,8H2,1-3H3,(H,16,20). The molecule has 0 atom stereocenters. The zero-order valence-electron chi connectivity index (χ0n) is 12.1. The minimum absolute atomic E-state index is 0.0709. The van der Waals surface area contributed by atoms with Crippen molar-refractivity contribution in [2.24, 2.45) is 0 Å². The highest BCUT2D eigenvalue weighted by Gasteiger charge is 2.20. The molecule has 21 heavy (non-hydrogen) atoms. The number of rotatable bonds is 4. The highest BCUT2D eigenvalue weighted by Crippen LogP contribution is 2.16. The van der Waals surface area contributed by atoms with Crippen molar-refractivity contribution >= 4 is 11.6 Å². The predicted octanol–water partition coefficient (Wildman–Crippen LogP) is 1.59. The van der Waals surface area contributed by atoms with Gasteiger partial charge in [-0.05, 0) is 38.5 Å². The number of aromatic nitrogens is 3. The molecule has 6 nitrogen and oxygen atoms in total. The third kappa shape index (κ3) is 3.85. The van der Waals surface area contributed by atoms with Crippen LogP contribution in [-0.2, 0) is 16.9 Å². The smallest absolute Gasteiger partial charge is 0.246 e. The molecule has 0 spiro atoms. The van der Waals surface area contributed by atoms with Crippen LogP contribution in [0.4, 0.5) is 10.1 Å². The number of anilines is 1. The van der Waals surface area contributed by atoms with Crippen LogP contribution in [0.15, 0.2) is 24.4 Å². The molecule has 0 saturated carbocycles. The largest absolute Gasteiger partial charge is 0.384 e. The first-order valence-electron chi connectivity index (χ1n) is 6.45. The minimum Gasteiger partial charge on any atom is -0.384 e. The molecule has 1 aromatic carbocycles. The van der Waals surface area contributed by atoms with Gasteiger partial charge < -0.3 is 10.4 Å². The van der Waals surface area contributed by atoms with Crippen molar-refractivity contribution in [3.8, 4) is 0 Å². The molecule has 0 aliphatic heterocycles. The number of nitrogens with zero attached hydrogens (tertiary/aromatic N) is 3. The molecule has 2 rings (SSSR count). The van der Waals surface area contributed by atoms with Gasteiger partial charge in [0.1, 0.15) is 23.7 Å². The molecule has 2 N–H and O–H groups in total. The molecule has 0 unspecified atom stereocenters. The number of hydrogen-bond acceptors (Lipinski definition) is 4. The van der Waals surface area contributed by atoms with Gasteiger partial charge in [-0.2, -0.15) is 0 Å². The van der Waals surface area contributed by atoms with E-state index in [1.54, 1.807) is 32.9 Å². The summed E-state index contributed by atoms with van der Waals surface area (Å²) in [7, 11) is 0. The Morgan fingerprint density at radius 2 is 2.19 bits per heavy atom. The maximum atomic E-state index is 13.4. The number of nitrogens with one attached hydrogen (secondary N) is 1. The summed E-state index contributed by atoms with van der Waals surface area (Å²) < 4.78 is 14.7. The summed E-state index contributed by atoms with van der Waals surface area (Å²) in [4.78, 5) is 11.9. The quantitative estimate of drug-likeness (QED) is 0.897. The normalized spacial score (nSPS) is 11.5. The van der Waals surface area contributed by atoms with Crippen molar-refractivity contribution in [1.82, 2.24) is 15.0 Å². The van der Waals surface area contributed by atoms with Crippen LogP contribution in [0, 0.1) is 12.7 Å². The zero-order chi connectivity index (χ0) is 15.6. The predicted molar refractivity (Wildman–Crippen MR) is 75.0 cm³/mol. The van der Waals surface area contributed by atoms with Crippen LogP contribution in [0.25, 0.3) is 0 Å². The van der Waals surface area contributed by atoms with Crippen LogP contribution in [-0.4, -0.2) is 26.0 Å². The summed E-state index contributed by atoms with van der Waals surface area (Å²) in [6.45, 7) is 4.74. The van der Waals surface area contributed by atoms with E-state index in [0.717, 1.165) is 0 Å². The molecule has 1 heterocycles. The van der Waals surface area contributed by atoms with Crippen molar-refractivity contribution in [1.29, 1.82) is 0 Å². The van der Waals surface area contributed by atoms with E-state index in [4.69, 9.17) is 0 Å². The van der Waals surface area contributed by atoms with Gasteiger partial charge in [-0.25, -0.2) is 9.07 Å². The van der Waals surface area contributed by atoms with E-state index >= 15 is 0 Å². The average Bonchev–Trinajstić information content (AvgIpc) is 2.82. The van der Waals surface area contributed by atoms with Crippen molar-refractivity contribution in [2.75, 3.05) is 5.32 Å². The summed E-state index contributed by atoms with van der Waals surface area (Å²) in [6, 6.07) is 4.48. The van der Waals surface area contributed by atoms with Gasteiger partial charge in [0.15, 0.2) is 0 Å². The third-order valence-electron chi connectivity index (χ3n) is 2.93. The molecule has 0 radical (unpaired) electrons. The van der Waals surface area contributed by atoms with Crippen LogP contribution in [0.2, 0.25) is 0 Å². The Balaban J connectivity index is 2.01. The lowest BCUT2D eigenvalue weighted by atomic mass is 10.1. The second-order valence-corrected chi connectivity index (χ2v) is 5.37. The molecular formula is C14H17FN4O2. The van der Waals surface area contributed by atoms with Crippen molar-refractivity contribution < 1.29 is 14.3 Å². The van der Waals surface area contributed by atoms with Gasteiger partial charge in [-0.3, -0.25) is 4.79 Å². The Morgan fingerprint density at radius 1 is 1.48 bits per heavy atom. The lowest BCUT2D eigenvalue weighted by Gasteiger charge is -2.11. The van der Waals surface area contributed by atoms with Crippen LogP contribution in [0.5, 0.6) is 0 Å². The van der Waals surface area contributed by atoms with Gasteiger partial charge in [-0.1, -0.05) is 11.3 Å². The van der Waals surface area contributed by atoms with Gasteiger partial charge in [0.05, 0.1) is 6.20 Å². The number of benzene rings is 1. The van der Waals surface area contributed by atoms with E-state index in [2.05, 4.69) is 15.6 Å². The Bertz CT molecular complexity index is 661. The Labute approximate surface area is 121 Å². The van der Waals surface area contributed by atoms with Crippen molar-refractivity contribution in [3.63, 3.8) is 0 Å². The number of aliphatic hydroxyl groups is 1. The molecule has 0 bridgehead atoms. The number of halogens is 1. The fourth-order valence-corrected chi connectivity index (χ4v) is 1.67. The third-order valence-corrected chi connectivity index (χ3v) is 2.93. The van der Waals surface area contributed by atoms with Gasteiger partial charge in [0.2, 0.25) is 5.91 Å². The van der Waals surface area contributed by atoms with Crippen molar-refractivity contribution in [3.05, 3.63) is 41.5 Å². The van der Waals surface area contributed by atoms with Gasteiger partial charge in [0.25, 0.3) is 0 Å². The van der Waals surface area contributed by atoms with E-state index in [1.807, 2.05) is 0 Å². The van der Waals surface area contributed by atoms with Crippen molar-refractivity contribution in [2.45, 2.75) is 32.9 Å². The molecule has 112 valence electrons. The van der Waals surface area contributed by atoms with E-state index in [1.165, 1.54) is 16.9 Å². The maximum absolute atomic E-state index is 13.4. The lowest BCUT2D eigenvalue weighted by Crippen LogP contribution is -2.19. The molecule has 1 amide bonds. The summed E-state index contributed by atoms with van der Waals surface area (Å²) >= 11 is 0. The topological polar surface area (TPSA) is 80.0 Å². The Hall–Kier alpha value is -2.28. The van der Waals surface area contributed by atoms with Crippen LogP contribution < -0.4 is 5.32 Å². The molecule has 2 aromatic rings. The fourth-order valence-electron chi connectivity index (χ4n) is 1.67. The number of hydrogen-bond donors (Lipinski definition) is 2. The van der Waals surface area contributed by atoms with E-state index < -0.39 is 5.60 Å². The first-order chi connectivity index (χ1) is 9.75. The highest BCUT2D eigenvalue weighted by molar-refractivity contribution is 5.90. The van der Waals surface area contributed by atoms with Crippen LogP contribution in [0.3, 0.4) is 0 Å². The monoisotopic (exact) mass is 292 g/mol. The average molecular weight is 292 g/mol. The highest BCUT2D eigenvalue weighted by atomic mass is 19.1. The number of aryl methyl sites for hydroxylation is 1. The number of amides is 1. The van der Waals surface area contributed by atoms with Crippen LogP contribution in [0.1, 0.15) is 25.1 Å². The lowest BCUT2D eigenvalue weighted by molar-refractivity contribution is -0.116. The molecule has 0 fully saturated rings. The summed E-state index contributed by atoms with van der Waals surface area (Å²) in [5.41, 5.74) is 0.149. The van der Waals surface area contributed by atoms with E-state index in [9.17, 15) is 14.3 Å². The minimum atomic E-state index is -1.12. The fraction of sp³-hybridized carbons (Fsp3) is 0.357. The van der Waals surface area contributed by atoms with Gasteiger partial charge in [-0.15, -0.1) is 5.10 Å². The van der Waals surface area contributed by atoms with E-state index in [0.29, 0.717) is 16.9 Å². The Kier molecular flexibility index (Phi) is 4.04. The summed E-state index contributed by atoms with van der Waals surface area (Å²) in [5.74, 6) is -0.733. The summed E-state index contributed by atoms with van der Waals surface area (Å²) in [5, 5.41) is 19.9. The first kappa shape index (κ1) is 15.1. The Morgan fingerprint density at radius 3 is 2.76 bits per heavy atom. The number of carbonyl (C=O) groups excluding carboxylic acids is 1.